The third-order valence-electron chi connectivity index (χ3n) is 5.78. The molecule has 1 aliphatic carbocycles. The number of halogens is 1. The van der Waals surface area contributed by atoms with Gasteiger partial charge in [0.1, 0.15) is 0 Å². The van der Waals surface area contributed by atoms with Gasteiger partial charge in [-0.1, -0.05) is 36.8 Å². The molecular formula is C24H34IN3O3. The topological polar surface area (TPSA) is 64.1 Å². The predicted molar refractivity (Wildman–Crippen MR) is 136 cm³/mol. The molecule has 0 unspecified atom stereocenters. The lowest BCUT2D eigenvalue weighted by molar-refractivity contribution is 0.244. The van der Waals surface area contributed by atoms with Crippen molar-refractivity contribution in [1.82, 2.24) is 10.6 Å². The maximum absolute atomic E-state index is 5.68. The molecule has 0 heterocycles. The summed E-state index contributed by atoms with van der Waals surface area (Å²) in [6.45, 7) is 3.95. The number of aliphatic imine (C=N–C) groups is 1. The summed E-state index contributed by atoms with van der Waals surface area (Å²) >= 11 is 0. The lowest BCUT2D eigenvalue weighted by Gasteiger charge is -2.43. The maximum atomic E-state index is 5.68. The van der Waals surface area contributed by atoms with Gasteiger partial charge in [-0.25, -0.2) is 0 Å². The molecule has 0 radical (unpaired) electrons. The molecule has 2 aromatic carbocycles. The molecule has 0 aromatic heterocycles. The summed E-state index contributed by atoms with van der Waals surface area (Å²) in [5, 5.41) is 6.92. The minimum absolute atomic E-state index is 0. The zero-order valence-corrected chi connectivity index (χ0v) is 21.2. The third-order valence-corrected chi connectivity index (χ3v) is 5.78. The van der Waals surface area contributed by atoms with E-state index in [1.54, 1.807) is 21.3 Å². The van der Waals surface area contributed by atoms with Crippen molar-refractivity contribution in [3.8, 4) is 17.2 Å². The largest absolute Gasteiger partial charge is 0.493 e. The molecule has 1 saturated carbocycles. The first-order chi connectivity index (χ1) is 14.7. The molecule has 0 spiro atoms. The molecule has 7 heteroatoms. The van der Waals surface area contributed by atoms with Gasteiger partial charge >= 0.3 is 0 Å². The second-order valence-corrected chi connectivity index (χ2v) is 7.54. The van der Waals surface area contributed by atoms with Crippen LogP contribution in [0, 0.1) is 0 Å². The molecule has 0 saturated heterocycles. The first-order valence-electron chi connectivity index (χ1n) is 10.5. The van der Waals surface area contributed by atoms with Crippen LogP contribution in [0.3, 0.4) is 0 Å². The Balaban J connectivity index is 0.00000341. The van der Waals surface area contributed by atoms with Crippen LogP contribution in [0.15, 0.2) is 47.5 Å². The molecule has 0 aliphatic heterocycles. The number of methoxy groups -OCH3 is 2. The molecule has 170 valence electrons. The molecule has 0 bridgehead atoms. The van der Waals surface area contributed by atoms with Gasteiger partial charge < -0.3 is 24.8 Å². The minimum Gasteiger partial charge on any atom is -0.493 e. The number of hydrogen-bond donors (Lipinski definition) is 2. The monoisotopic (exact) mass is 539 g/mol. The zero-order chi connectivity index (χ0) is 21.4. The number of hydrogen-bond acceptors (Lipinski definition) is 4. The summed E-state index contributed by atoms with van der Waals surface area (Å²) in [6.07, 6.45) is 3.68. The Morgan fingerprint density at radius 1 is 1.03 bits per heavy atom. The second kappa shape index (κ2) is 12.0. The average molecular weight is 539 g/mol. The van der Waals surface area contributed by atoms with E-state index in [0.29, 0.717) is 30.4 Å². The van der Waals surface area contributed by atoms with E-state index in [1.165, 1.54) is 24.8 Å². The van der Waals surface area contributed by atoms with Crippen LogP contribution in [0.2, 0.25) is 0 Å². The highest BCUT2D eigenvalue weighted by Gasteiger charge is 2.38. The van der Waals surface area contributed by atoms with Crippen LogP contribution in [-0.4, -0.2) is 40.4 Å². The van der Waals surface area contributed by atoms with Crippen molar-refractivity contribution in [2.24, 2.45) is 4.99 Å². The third kappa shape index (κ3) is 5.96. The highest BCUT2D eigenvalue weighted by atomic mass is 127. The van der Waals surface area contributed by atoms with E-state index in [2.05, 4.69) is 46.0 Å². The Morgan fingerprint density at radius 2 is 1.68 bits per heavy atom. The molecular weight excluding hydrogens is 505 g/mol. The summed E-state index contributed by atoms with van der Waals surface area (Å²) in [5.74, 6) is 2.73. The first-order valence-corrected chi connectivity index (χ1v) is 10.5. The molecule has 2 aromatic rings. The molecule has 1 aliphatic rings. The van der Waals surface area contributed by atoms with Crippen LogP contribution >= 0.6 is 24.0 Å². The summed E-state index contributed by atoms with van der Waals surface area (Å²) in [4.78, 5) is 4.40. The van der Waals surface area contributed by atoms with Gasteiger partial charge in [0.15, 0.2) is 17.5 Å². The number of nitrogens with one attached hydrogen (secondary N) is 2. The van der Waals surface area contributed by atoms with Gasteiger partial charge in [-0.15, -0.1) is 24.0 Å². The lowest BCUT2D eigenvalue weighted by Crippen LogP contribution is -2.48. The number of rotatable bonds is 9. The zero-order valence-electron chi connectivity index (χ0n) is 18.9. The van der Waals surface area contributed by atoms with Crippen LogP contribution < -0.4 is 24.8 Å². The van der Waals surface area contributed by atoms with E-state index >= 15 is 0 Å². The fraction of sp³-hybridized carbons (Fsp3) is 0.458. The summed E-state index contributed by atoms with van der Waals surface area (Å²) in [6, 6.07) is 14.7. The second-order valence-electron chi connectivity index (χ2n) is 7.54. The molecule has 6 nitrogen and oxygen atoms in total. The highest BCUT2D eigenvalue weighted by Crippen LogP contribution is 2.43. The molecule has 0 atom stereocenters. The number of guanidine groups is 1. The van der Waals surface area contributed by atoms with Crippen molar-refractivity contribution in [2.45, 2.75) is 38.1 Å². The standard InChI is InChI=1S/C24H33N3O3.HI/c1-5-30-22-20(28-3)14-18(15-21(22)29-4)16-26-23(25-2)27-17-24(12-9-13-24)19-10-7-6-8-11-19;/h6-8,10-11,14-15H,5,9,12-13,16-17H2,1-4H3,(H2,25,26,27);1H. The van der Waals surface area contributed by atoms with E-state index in [4.69, 9.17) is 14.2 Å². The van der Waals surface area contributed by atoms with Gasteiger partial charge in [0.05, 0.1) is 20.8 Å². The van der Waals surface area contributed by atoms with Crippen molar-refractivity contribution in [2.75, 3.05) is 34.4 Å². The maximum Gasteiger partial charge on any atom is 0.203 e. The lowest BCUT2D eigenvalue weighted by atomic mass is 9.64. The number of benzene rings is 2. The first kappa shape index (κ1) is 25.1. The molecule has 0 amide bonds. The van der Waals surface area contributed by atoms with Crippen LogP contribution in [-0.2, 0) is 12.0 Å². The van der Waals surface area contributed by atoms with E-state index in [-0.39, 0.29) is 29.4 Å². The fourth-order valence-corrected chi connectivity index (χ4v) is 3.94. The Bertz CT molecular complexity index is 829. The van der Waals surface area contributed by atoms with Crippen LogP contribution in [0.5, 0.6) is 17.2 Å². The van der Waals surface area contributed by atoms with Gasteiger partial charge in [-0.3, -0.25) is 4.99 Å². The summed E-state index contributed by atoms with van der Waals surface area (Å²) in [7, 11) is 5.07. The van der Waals surface area contributed by atoms with Crippen LogP contribution in [0.25, 0.3) is 0 Å². The molecule has 1 fully saturated rings. The van der Waals surface area contributed by atoms with E-state index < -0.39 is 0 Å². The SMILES string of the molecule is CCOc1c(OC)cc(CNC(=NC)NCC2(c3ccccc3)CCC2)cc1OC.I. The van der Waals surface area contributed by atoms with Gasteiger partial charge in [-0.2, -0.15) is 0 Å². The molecule has 2 N–H and O–H groups in total. The Morgan fingerprint density at radius 3 is 2.16 bits per heavy atom. The fourth-order valence-electron chi connectivity index (χ4n) is 3.94. The Hall–Kier alpha value is -2.16. The van der Waals surface area contributed by atoms with Crippen LogP contribution in [0.1, 0.15) is 37.3 Å². The van der Waals surface area contributed by atoms with E-state index in [0.717, 1.165) is 18.1 Å². The van der Waals surface area contributed by atoms with Gasteiger partial charge in [0.25, 0.3) is 0 Å². The Labute approximate surface area is 202 Å². The Kier molecular flexibility index (Phi) is 9.74. The van der Waals surface area contributed by atoms with Crippen molar-refractivity contribution in [3.63, 3.8) is 0 Å². The van der Waals surface area contributed by atoms with E-state index in [9.17, 15) is 0 Å². The van der Waals surface area contributed by atoms with Gasteiger partial charge in [-0.05, 0) is 43.0 Å². The van der Waals surface area contributed by atoms with Gasteiger partial charge in [0.2, 0.25) is 5.75 Å². The number of ether oxygens (including phenoxy) is 3. The minimum atomic E-state index is 0. The summed E-state index contributed by atoms with van der Waals surface area (Å²) < 4.78 is 16.7. The van der Waals surface area contributed by atoms with Crippen molar-refractivity contribution < 1.29 is 14.2 Å². The predicted octanol–water partition coefficient (Wildman–Crippen LogP) is 4.51. The molecule has 3 rings (SSSR count). The highest BCUT2D eigenvalue weighted by molar-refractivity contribution is 14.0. The normalized spacial score (nSPS) is 14.6. The van der Waals surface area contributed by atoms with Crippen LogP contribution in [0.4, 0.5) is 0 Å². The van der Waals surface area contributed by atoms with Crippen molar-refractivity contribution in [3.05, 3.63) is 53.6 Å². The molecule has 31 heavy (non-hydrogen) atoms. The van der Waals surface area contributed by atoms with Crippen molar-refractivity contribution >= 4 is 29.9 Å². The van der Waals surface area contributed by atoms with Gasteiger partial charge in [0, 0.05) is 25.6 Å². The van der Waals surface area contributed by atoms with Crippen molar-refractivity contribution in [1.29, 1.82) is 0 Å². The smallest absolute Gasteiger partial charge is 0.203 e. The van der Waals surface area contributed by atoms with E-state index in [1.807, 2.05) is 19.1 Å². The summed E-state index contributed by atoms with van der Waals surface area (Å²) in [5.41, 5.74) is 2.63. The average Bonchev–Trinajstić information content (AvgIpc) is 2.76. The number of nitrogens with zero attached hydrogens (tertiary/aromatic N) is 1. The quantitative estimate of drug-likeness (QED) is 0.279.